The second-order valence-electron chi connectivity index (χ2n) is 9.43. The van der Waals surface area contributed by atoms with E-state index in [1.807, 2.05) is 13.8 Å². The van der Waals surface area contributed by atoms with Crippen molar-refractivity contribution < 1.29 is 18.0 Å². The van der Waals surface area contributed by atoms with Crippen molar-refractivity contribution in [1.29, 1.82) is 0 Å². The molecule has 220 valence electrons. The van der Waals surface area contributed by atoms with Gasteiger partial charge in [-0.25, -0.2) is 8.42 Å². The fourth-order valence-corrected chi connectivity index (χ4v) is 6.31. The average Bonchev–Trinajstić information content (AvgIpc) is 2.95. The minimum absolute atomic E-state index is 0.0232. The van der Waals surface area contributed by atoms with Crippen LogP contribution in [0, 0.1) is 0 Å². The van der Waals surface area contributed by atoms with E-state index in [0.29, 0.717) is 17.0 Å². The van der Waals surface area contributed by atoms with Crippen LogP contribution in [0.1, 0.15) is 39.2 Å². The van der Waals surface area contributed by atoms with Gasteiger partial charge in [0.2, 0.25) is 11.8 Å². The molecule has 3 aromatic carbocycles. The molecule has 2 amide bonds. The Morgan fingerprint density at radius 3 is 2.12 bits per heavy atom. The van der Waals surface area contributed by atoms with Gasteiger partial charge in [0.15, 0.2) is 0 Å². The van der Waals surface area contributed by atoms with Gasteiger partial charge in [0.05, 0.1) is 25.7 Å². The van der Waals surface area contributed by atoms with Crippen molar-refractivity contribution in [3.05, 3.63) is 92.4 Å². The van der Waals surface area contributed by atoms with Gasteiger partial charge in [0.25, 0.3) is 10.0 Å². The van der Waals surface area contributed by atoms with E-state index in [-0.39, 0.29) is 50.6 Å². The van der Waals surface area contributed by atoms with Gasteiger partial charge in [-0.15, -0.1) is 0 Å². The van der Waals surface area contributed by atoms with Crippen molar-refractivity contribution in [2.24, 2.45) is 0 Å². The van der Waals surface area contributed by atoms with E-state index in [9.17, 15) is 18.0 Å². The highest BCUT2D eigenvalue weighted by Gasteiger charge is 2.34. The largest absolute Gasteiger partial charge is 0.352 e. The molecule has 41 heavy (non-hydrogen) atoms. The SMILES string of the molecule is CC[C@H](C)NC(=O)[C@H](CC)N(Cc1ccc(Cl)c(Cl)c1)C(=O)CN(c1cc(Cl)ccc1Cl)S(=O)(=O)c1ccccc1. The first-order chi connectivity index (χ1) is 19.4. The predicted octanol–water partition coefficient (Wildman–Crippen LogP) is 7.22. The van der Waals surface area contributed by atoms with E-state index in [1.54, 1.807) is 43.3 Å². The van der Waals surface area contributed by atoms with Crippen LogP contribution in [0.3, 0.4) is 0 Å². The molecule has 0 aliphatic carbocycles. The summed E-state index contributed by atoms with van der Waals surface area (Å²) >= 11 is 25.0. The number of hydrogen-bond donors (Lipinski definition) is 1. The van der Waals surface area contributed by atoms with E-state index in [0.717, 1.165) is 4.31 Å². The summed E-state index contributed by atoms with van der Waals surface area (Å²) in [6, 6.07) is 15.9. The molecule has 0 aliphatic rings. The standard InChI is InChI=1S/C29H31Cl4N3O4S/c1-4-19(3)34-29(38)26(5-2)35(17-20-11-13-23(31)25(33)15-20)28(37)18-36(27-16-21(30)12-14-24(27)32)41(39,40)22-9-7-6-8-10-22/h6-16,19,26H,4-5,17-18H2,1-3H3,(H,34,38)/t19-,26-/m0/s1. The predicted molar refractivity (Wildman–Crippen MR) is 166 cm³/mol. The van der Waals surface area contributed by atoms with E-state index >= 15 is 0 Å². The molecule has 12 heteroatoms. The normalized spacial score (nSPS) is 12.9. The Morgan fingerprint density at radius 2 is 1.51 bits per heavy atom. The minimum Gasteiger partial charge on any atom is -0.352 e. The molecule has 3 rings (SSSR count). The summed E-state index contributed by atoms with van der Waals surface area (Å²) < 4.78 is 28.7. The van der Waals surface area contributed by atoms with Gasteiger partial charge in [-0.05, 0) is 67.8 Å². The smallest absolute Gasteiger partial charge is 0.264 e. The van der Waals surface area contributed by atoms with E-state index in [4.69, 9.17) is 46.4 Å². The third-order valence-electron chi connectivity index (χ3n) is 6.51. The molecule has 0 saturated carbocycles. The number of amides is 2. The lowest BCUT2D eigenvalue weighted by molar-refractivity contribution is -0.140. The van der Waals surface area contributed by atoms with Crippen molar-refractivity contribution in [3.8, 4) is 0 Å². The number of nitrogens with one attached hydrogen (secondary N) is 1. The van der Waals surface area contributed by atoms with Crippen LogP contribution in [0.5, 0.6) is 0 Å². The van der Waals surface area contributed by atoms with E-state index in [1.165, 1.54) is 35.2 Å². The van der Waals surface area contributed by atoms with Gasteiger partial charge in [-0.2, -0.15) is 0 Å². The quantitative estimate of drug-likeness (QED) is 0.223. The number of carbonyl (C=O) groups excluding carboxylic acids is 2. The van der Waals surface area contributed by atoms with Gasteiger partial charge in [0, 0.05) is 17.6 Å². The Bertz CT molecular complexity index is 1490. The summed E-state index contributed by atoms with van der Waals surface area (Å²) in [5.41, 5.74) is 0.642. The van der Waals surface area contributed by atoms with Gasteiger partial charge in [-0.1, -0.05) is 84.5 Å². The van der Waals surface area contributed by atoms with Gasteiger partial charge < -0.3 is 10.2 Å². The first-order valence-corrected chi connectivity index (χ1v) is 15.9. The fraction of sp³-hybridized carbons (Fsp3) is 0.310. The average molecular weight is 659 g/mol. The molecule has 0 radical (unpaired) electrons. The number of anilines is 1. The summed E-state index contributed by atoms with van der Waals surface area (Å²) in [5.74, 6) is -0.980. The molecule has 7 nitrogen and oxygen atoms in total. The molecule has 0 fully saturated rings. The second-order valence-corrected chi connectivity index (χ2v) is 13.0. The van der Waals surface area contributed by atoms with Crippen LogP contribution >= 0.6 is 46.4 Å². The number of sulfonamides is 1. The molecule has 0 heterocycles. The van der Waals surface area contributed by atoms with E-state index in [2.05, 4.69) is 5.32 Å². The van der Waals surface area contributed by atoms with Gasteiger partial charge in [-0.3, -0.25) is 13.9 Å². The molecule has 2 atom stereocenters. The summed E-state index contributed by atoms with van der Waals surface area (Å²) in [7, 11) is -4.28. The highest BCUT2D eigenvalue weighted by molar-refractivity contribution is 7.92. The van der Waals surface area contributed by atoms with Crippen LogP contribution in [0.25, 0.3) is 0 Å². The van der Waals surface area contributed by atoms with Crippen LogP contribution in [0.15, 0.2) is 71.6 Å². The molecule has 0 bridgehead atoms. The zero-order valence-electron chi connectivity index (χ0n) is 22.8. The van der Waals surface area contributed by atoms with Crippen molar-refractivity contribution >= 4 is 73.9 Å². The number of benzene rings is 3. The van der Waals surface area contributed by atoms with Gasteiger partial charge >= 0.3 is 0 Å². The number of rotatable bonds is 12. The molecule has 0 spiro atoms. The topological polar surface area (TPSA) is 86.8 Å². The highest BCUT2D eigenvalue weighted by Crippen LogP contribution is 2.33. The summed E-state index contributed by atoms with van der Waals surface area (Å²) in [6.45, 7) is 4.91. The fourth-order valence-electron chi connectivity index (χ4n) is 4.11. The number of nitrogens with zero attached hydrogens (tertiary/aromatic N) is 2. The van der Waals surface area contributed by atoms with Crippen LogP contribution in [0.4, 0.5) is 5.69 Å². The Balaban J connectivity index is 2.10. The molecule has 3 aromatic rings. The van der Waals surface area contributed by atoms with E-state index < -0.39 is 28.5 Å². The number of halogens is 4. The first kappa shape index (κ1) is 33.0. The molecule has 1 N–H and O–H groups in total. The maximum Gasteiger partial charge on any atom is 0.264 e. The van der Waals surface area contributed by atoms with Crippen molar-refractivity contribution in [3.63, 3.8) is 0 Å². The minimum atomic E-state index is -4.28. The van der Waals surface area contributed by atoms with Gasteiger partial charge in [0.1, 0.15) is 12.6 Å². The van der Waals surface area contributed by atoms with Crippen LogP contribution in [-0.2, 0) is 26.2 Å². The Hall–Kier alpha value is -2.49. The Kier molecular flexibility index (Phi) is 11.8. The first-order valence-electron chi connectivity index (χ1n) is 13.0. The lowest BCUT2D eigenvalue weighted by Crippen LogP contribution is -2.53. The zero-order chi connectivity index (χ0) is 30.3. The molecular weight excluding hydrogens is 628 g/mol. The van der Waals surface area contributed by atoms with Crippen LogP contribution in [-0.4, -0.2) is 43.8 Å². The number of hydrogen-bond acceptors (Lipinski definition) is 4. The summed E-state index contributed by atoms with van der Waals surface area (Å²) in [4.78, 5) is 28.8. The second kappa shape index (κ2) is 14.6. The Morgan fingerprint density at radius 1 is 0.854 bits per heavy atom. The Labute approximate surface area is 261 Å². The molecule has 0 aromatic heterocycles. The summed E-state index contributed by atoms with van der Waals surface area (Å²) in [6.07, 6.45) is 0.970. The monoisotopic (exact) mass is 657 g/mol. The van der Waals surface area contributed by atoms with Crippen molar-refractivity contribution in [2.45, 2.75) is 57.1 Å². The maximum atomic E-state index is 14.1. The molecule has 0 aliphatic heterocycles. The lowest BCUT2D eigenvalue weighted by Gasteiger charge is -2.34. The third kappa shape index (κ3) is 8.30. The van der Waals surface area contributed by atoms with Crippen molar-refractivity contribution in [1.82, 2.24) is 10.2 Å². The van der Waals surface area contributed by atoms with Crippen LogP contribution in [0.2, 0.25) is 20.1 Å². The molecular formula is C29H31Cl4N3O4S. The number of carbonyl (C=O) groups is 2. The zero-order valence-corrected chi connectivity index (χ0v) is 26.6. The maximum absolute atomic E-state index is 14.1. The third-order valence-corrected chi connectivity index (χ3v) is 9.58. The molecule has 0 unspecified atom stereocenters. The van der Waals surface area contributed by atoms with Crippen molar-refractivity contribution in [2.75, 3.05) is 10.8 Å². The van der Waals surface area contributed by atoms with Crippen LogP contribution < -0.4 is 9.62 Å². The summed E-state index contributed by atoms with van der Waals surface area (Å²) in [5, 5.41) is 3.87. The lowest BCUT2D eigenvalue weighted by atomic mass is 10.1. The highest BCUT2D eigenvalue weighted by atomic mass is 35.5. The molecule has 0 saturated heterocycles.